The molecule has 0 spiro atoms. The zero-order chi connectivity index (χ0) is 18.5. The highest BCUT2D eigenvalue weighted by Gasteiger charge is 2.40. The molecule has 3 aliphatic rings. The lowest BCUT2D eigenvalue weighted by Gasteiger charge is -2.35. The molecule has 0 bridgehead atoms. The van der Waals surface area contributed by atoms with Crippen LogP contribution in [0.25, 0.3) is 5.57 Å². The van der Waals surface area contributed by atoms with Crippen molar-refractivity contribution in [2.75, 3.05) is 5.32 Å². The minimum Gasteiger partial charge on any atom is -0.508 e. The summed E-state index contributed by atoms with van der Waals surface area (Å²) in [7, 11) is 0. The van der Waals surface area contributed by atoms with Gasteiger partial charge in [0.25, 0.3) is 0 Å². The number of aliphatic imine (C=N–C) groups is 2. The van der Waals surface area contributed by atoms with Crippen molar-refractivity contribution in [2.45, 2.75) is 0 Å². The Hall–Kier alpha value is -3.98. The molecule has 3 heterocycles. The summed E-state index contributed by atoms with van der Waals surface area (Å²) in [6, 6.07) is 16.8. The molecule has 0 radical (unpaired) electrons. The van der Waals surface area contributed by atoms with E-state index in [1.165, 1.54) is 0 Å². The average molecular weight is 351 g/mol. The maximum atomic E-state index is 9.59. The highest BCUT2D eigenvalue weighted by molar-refractivity contribution is 6.26. The van der Waals surface area contributed by atoms with Crippen molar-refractivity contribution in [1.29, 1.82) is 10.7 Å². The van der Waals surface area contributed by atoms with Gasteiger partial charge in [-0.2, -0.15) is 5.26 Å². The van der Waals surface area contributed by atoms with Crippen molar-refractivity contribution in [2.24, 2.45) is 15.9 Å². The minimum absolute atomic E-state index is 0.0827. The highest BCUT2D eigenvalue weighted by atomic mass is 16.3. The van der Waals surface area contributed by atoms with Crippen molar-refractivity contribution in [3.63, 3.8) is 0 Å². The van der Waals surface area contributed by atoms with E-state index in [0.717, 1.165) is 22.4 Å². The first kappa shape index (κ1) is 15.3. The molecule has 3 N–H and O–H groups in total. The number of rotatable bonds is 1. The number of para-hydroxylation sites is 1. The lowest BCUT2D eigenvalue weighted by molar-refractivity contribution is 0.475. The Morgan fingerprint density at radius 3 is 2.63 bits per heavy atom. The van der Waals surface area contributed by atoms with E-state index in [0.29, 0.717) is 17.2 Å². The van der Waals surface area contributed by atoms with Crippen LogP contribution in [0.15, 0.2) is 75.9 Å². The summed E-state index contributed by atoms with van der Waals surface area (Å²) in [6.45, 7) is 0. The van der Waals surface area contributed by atoms with Crippen LogP contribution in [0.4, 0.5) is 5.69 Å². The van der Waals surface area contributed by atoms with E-state index in [-0.39, 0.29) is 23.1 Å². The molecule has 0 saturated heterocycles. The molecule has 0 aromatic heterocycles. The van der Waals surface area contributed by atoms with E-state index < -0.39 is 0 Å². The summed E-state index contributed by atoms with van der Waals surface area (Å²) in [4.78, 5) is 9.03. The van der Waals surface area contributed by atoms with Crippen molar-refractivity contribution in [1.82, 2.24) is 0 Å². The Kier molecular flexibility index (Phi) is 3.12. The van der Waals surface area contributed by atoms with Crippen LogP contribution in [-0.2, 0) is 0 Å². The first-order valence-corrected chi connectivity index (χ1v) is 8.43. The summed E-state index contributed by atoms with van der Waals surface area (Å²) in [6.07, 6.45) is 2.00. The number of amidine groups is 2. The van der Waals surface area contributed by atoms with E-state index in [2.05, 4.69) is 16.4 Å². The first-order chi connectivity index (χ1) is 13.2. The van der Waals surface area contributed by atoms with Crippen LogP contribution in [-0.4, -0.2) is 22.5 Å². The molecule has 0 amide bonds. The number of phenolic OH excluding ortho intramolecular Hbond substituents is 1. The zero-order valence-corrected chi connectivity index (χ0v) is 14.1. The standard InChI is InChI=1S/C21H13N5O/c22-10-15-19-18-14(9-17(24-19)11-5-7-12(27)8-6-11)13-3-1-2-4-16(13)25-21(18)26-20(15)23/h1-9,18,27H,(H2,23,25,26). The van der Waals surface area contributed by atoms with Gasteiger partial charge in [0, 0.05) is 16.8 Å². The second-order valence-electron chi connectivity index (χ2n) is 6.46. The molecule has 6 heteroatoms. The van der Waals surface area contributed by atoms with Crippen molar-refractivity contribution >= 4 is 28.6 Å². The molecule has 0 fully saturated rings. The number of nitrogens with one attached hydrogen (secondary N) is 2. The SMILES string of the molecule is N#CC1=C2N=C(c3ccc(O)cc3)C=C3c4ccccc4NC(=NC1=N)C32. The van der Waals surface area contributed by atoms with Gasteiger partial charge in [0.15, 0.2) is 5.84 Å². The van der Waals surface area contributed by atoms with E-state index in [1.807, 2.05) is 30.3 Å². The van der Waals surface area contributed by atoms with E-state index in [4.69, 9.17) is 10.4 Å². The fourth-order valence-corrected chi connectivity index (χ4v) is 3.65. The number of anilines is 1. The quantitative estimate of drug-likeness (QED) is 0.732. The van der Waals surface area contributed by atoms with Gasteiger partial charge in [-0.15, -0.1) is 0 Å². The summed E-state index contributed by atoms with van der Waals surface area (Å²) in [5, 5.41) is 30.6. The van der Waals surface area contributed by atoms with E-state index in [9.17, 15) is 10.4 Å². The monoisotopic (exact) mass is 351 g/mol. The van der Waals surface area contributed by atoms with Crippen LogP contribution in [0.1, 0.15) is 11.1 Å². The summed E-state index contributed by atoms with van der Waals surface area (Å²) in [5.41, 5.74) is 5.18. The number of nitrogens with zero attached hydrogens (tertiary/aromatic N) is 3. The second-order valence-corrected chi connectivity index (χ2v) is 6.46. The zero-order valence-electron chi connectivity index (χ0n) is 14.1. The predicted molar refractivity (Wildman–Crippen MR) is 104 cm³/mol. The van der Waals surface area contributed by atoms with Crippen LogP contribution in [0.5, 0.6) is 5.75 Å². The van der Waals surface area contributed by atoms with Crippen LogP contribution < -0.4 is 5.32 Å². The van der Waals surface area contributed by atoms with Crippen LogP contribution in [0.2, 0.25) is 0 Å². The van der Waals surface area contributed by atoms with Crippen molar-refractivity contribution in [3.05, 3.63) is 77.0 Å². The van der Waals surface area contributed by atoms with Gasteiger partial charge in [-0.1, -0.05) is 18.2 Å². The predicted octanol–water partition coefficient (Wildman–Crippen LogP) is 3.49. The van der Waals surface area contributed by atoms with E-state index >= 15 is 0 Å². The Bertz CT molecular complexity index is 1180. The summed E-state index contributed by atoms with van der Waals surface area (Å²) in [5.74, 6) is 0.427. The molecule has 128 valence electrons. The lowest BCUT2D eigenvalue weighted by atomic mass is 9.79. The third kappa shape index (κ3) is 2.22. The number of allylic oxidation sites excluding steroid dienone is 1. The fourth-order valence-electron chi connectivity index (χ4n) is 3.65. The molecule has 0 aliphatic carbocycles. The normalized spacial score (nSPS) is 19.7. The lowest BCUT2D eigenvalue weighted by Crippen LogP contribution is -2.37. The Labute approximate surface area is 155 Å². The summed E-state index contributed by atoms with van der Waals surface area (Å²) >= 11 is 0. The van der Waals surface area contributed by atoms with Crippen molar-refractivity contribution in [3.8, 4) is 11.8 Å². The van der Waals surface area contributed by atoms with Gasteiger partial charge in [-0.05, 0) is 42.0 Å². The molecule has 3 aliphatic heterocycles. The van der Waals surface area contributed by atoms with Crippen LogP contribution in [0, 0.1) is 22.7 Å². The number of nitriles is 1. The largest absolute Gasteiger partial charge is 0.508 e. The van der Waals surface area contributed by atoms with Gasteiger partial charge in [-0.25, -0.2) is 4.99 Å². The number of hydrogen-bond donors (Lipinski definition) is 3. The van der Waals surface area contributed by atoms with Crippen LogP contribution in [0.3, 0.4) is 0 Å². The fraction of sp³-hybridized carbons (Fsp3) is 0.0476. The number of benzene rings is 2. The molecular formula is C21H13N5O. The molecule has 0 saturated carbocycles. The molecule has 5 rings (SSSR count). The molecular weight excluding hydrogens is 338 g/mol. The maximum Gasteiger partial charge on any atom is 0.166 e. The molecule has 1 atom stereocenters. The first-order valence-electron chi connectivity index (χ1n) is 8.43. The second kappa shape index (κ2) is 5.51. The van der Waals surface area contributed by atoms with Crippen LogP contribution >= 0.6 is 0 Å². The molecule has 2 aromatic rings. The average Bonchev–Trinajstić information content (AvgIpc) is 2.68. The highest BCUT2D eigenvalue weighted by Crippen LogP contribution is 2.44. The number of dihydropyridines is 2. The van der Waals surface area contributed by atoms with Gasteiger partial charge in [0.05, 0.1) is 17.3 Å². The number of fused-ring (bicyclic) bond motifs is 2. The Morgan fingerprint density at radius 2 is 1.85 bits per heavy atom. The maximum absolute atomic E-state index is 9.59. The molecule has 6 nitrogen and oxygen atoms in total. The number of aromatic hydroxyl groups is 1. The van der Waals surface area contributed by atoms with E-state index in [1.54, 1.807) is 24.3 Å². The van der Waals surface area contributed by atoms with Gasteiger partial charge in [0.2, 0.25) is 0 Å². The third-order valence-corrected chi connectivity index (χ3v) is 4.89. The molecule has 1 unspecified atom stereocenters. The van der Waals surface area contributed by atoms with Gasteiger partial charge >= 0.3 is 0 Å². The molecule has 27 heavy (non-hydrogen) atoms. The minimum atomic E-state index is -0.287. The van der Waals surface area contributed by atoms with Gasteiger partial charge in [-0.3, -0.25) is 10.4 Å². The number of hydrogen-bond acceptors (Lipinski definition) is 5. The summed E-state index contributed by atoms with van der Waals surface area (Å²) < 4.78 is 0. The molecule has 2 aromatic carbocycles. The van der Waals surface area contributed by atoms with Crippen molar-refractivity contribution < 1.29 is 5.11 Å². The van der Waals surface area contributed by atoms with Gasteiger partial charge in [0.1, 0.15) is 23.2 Å². The topological polar surface area (TPSA) is 105 Å². The Balaban J connectivity index is 1.79. The third-order valence-electron chi connectivity index (χ3n) is 4.89. The number of phenols is 1. The van der Waals surface area contributed by atoms with Gasteiger partial charge < -0.3 is 10.4 Å². The Morgan fingerprint density at radius 1 is 1.07 bits per heavy atom. The smallest absolute Gasteiger partial charge is 0.166 e.